The monoisotopic (exact) mass is 214 g/mol. The van der Waals surface area contributed by atoms with Crippen LogP contribution in [0.1, 0.15) is 24.9 Å². The molecule has 84 valence electrons. The van der Waals surface area contributed by atoms with Gasteiger partial charge < -0.3 is 10.3 Å². The van der Waals surface area contributed by atoms with Crippen molar-refractivity contribution >= 4 is 10.9 Å². The quantitative estimate of drug-likeness (QED) is 0.782. The van der Waals surface area contributed by atoms with Crippen LogP contribution in [0.5, 0.6) is 0 Å². The van der Waals surface area contributed by atoms with Crippen LogP contribution in [-0.4, -0.2) is 4.57 Å². The van der Waals surface area contributed by atoms with Crippen molar-refractivity contribution in [3.8, 4) is 0 Å². The standard InChI is InChI=1S/C14H18N2/c1-10(2)8-13(15)12-9-16(3)14-7-5-4-6-11(12)14/h4-7,9,13H,1,8,15H2,2-3H3/t13-/m1/s1. The molecule has 1 aromatic carbocycles. The first-order valence-corrected chi connectivity index (χ1v) is 5.53. The van der Waals surface area contributed by atoms with Crippen molar-refractivity contribution < 1.29 is 0 Å². The van der Waals surface area contributed by atoms with Crippen LogP contribution in [0.3, 0.4) is 0 Å². The smallest absolute Gasteiger partial charge is 0.0481 e. The van der Waals surface area contributed by atoms with Crippen LogP contribution in [0.25, 0.3) is 10.9 Å². The van der Waals surface area contributed by atoms with Gasteiger partial charge in [0.15, 0.2) is 0 Å². The molecule has 1 heterocycles. The molecule has 2 N–H and O–H groups in total. The number of aryl methyl sites for hydroxylation is 1. The SMILES string of the molecule is C=C(C)C[C@@H](N)c1cn(C)c2ccccc12. The Morgan fingerprint density at radius 3 is 2.81 bits per heavy atom. The van der Waals surface area contributed by atoms with Gasteiger partial charge in [0.2, 0.25) is 0 Å². The lowest BCUT2D eigenvalue weighted by Crippen LogP contribution is -2.09. The van der Waals surface area contributed by atoms with E-state index in [-0.39, 0.29) is 6.04 Å². The zero-order chi connectivity index (χ0) is 11.7. The van der Waals surface area contributed by atoms with Gasteiger partial charge in [-0.1, -0.05) is 23.8 Å². The lowest BCUT2D eigenvalue weighted by molar-refractivity contribution is 0.718. The normalized spacial score (nSPS) is 12.9. The Bertz CT molecular complexity index is 523. The molecule has 0 saturated heterocycles. The van der Waals surface area contributed by atoms with E-state index in [0.717, 1.165) is 12.0 Å². The highest BCUT2D eigenvalue weighted by atomic mass is 14.9. The van der Waals surface area contributed by atoms with E-state index in [9.17, 15) is 0 Å². The number of hydrogen-bond acceptors (Lipinski definition) is 1. The largest absolute Gasteiger partial charge is 0.350 e. The van der Waals surface area contributed by atoms with E-state index in [1.165, 1.54) is 16.5 Å². The van der Waals surface area contributed by atoms with E-state index in [4.69, 9.17) is 5.73 Å². The maximum Gasteiger partial charge on any atom is 0.0481 e. The Morgan fingerprint density at radius 1 is 1.44 bits per heavy atom. The van der Waals surface area contributed by atoms with Crippen LogP contribution >= 0.6 is 0 Å². The number of rotatable bonds is 3. The van der Waals surface area contributed by atoms with Crippen LogP contribution in [0.4, 0.5) is 0 Å². The Labute approximate surface area is 96.4 Å². The van der Waals surface area contributed by atoms with Crippen molar-refractivity contribution in [1.29, 1.82) is 0 Å². The third-order valence-electron chi connectivity index (χ3n) is 2.90. The Kier molecular flexibility index (Phi) is 2.84. The summed E-state index contributed by atoms with van der Waals surface area (Å²) in [6.45, 7) is 5.94. The van der Waals surface area contributed by atoms with Gasteiger partial charge in [-0.05, 0) is 25.0 Å². The average molecular weight is 214 g/mol. The second kappa shape index (κ2) is 4.14. The molecule has 0 radical (unpaired) electrons. The summed E-state index contributed by atoms with van der Waals surface area (Å²) in [6.07, 6.45) is 2.96. The molecule has 0 aliphatic heterocycles. The van der Waals surface area contributed by atoms with Crippen molar-refractivity contribution in [2.75, 3.05) is 0 Å². The molecule has 0 amide bonds. The molecule has 2 heteroatoms. The predicted octanol–water partition coefficient (Wildman–Crippen LogP) is 3.14. The molecular formula is C14H18N2. The Balaban J connectivity index is 2.48. The van der Waals surface area contributed by atoms with E-state index in [1.54, 1.807) is 0 Å². The van der Waals surface area contributed by atoms with Gasteiger partial charge in [0, 0.05) is 30.2 Å². The van der Waals surface area contributed by atoms with Crippen LogP contribution in [0.15, 0.2) is 42.6 Å². The van der Waals surface area contributed by atoms with Crippen LogP contribution in [0.2, 0.25) is 0 Å². The molecule has 1 aromatic heterocycles. The highest BCUT2D eigenvalue weighted by Crippen LogP contribution is 2.27. The summed E-state index contributed by atoms with van der Waals surface area (Å²) in [6, 6.07) is 8.40. The lowest BCUT2D eigenvalue weighted by atomic mass is 10.0. The minimum absolute atomic E-state index is 0.0450. The third-order valence-corrected chi connectivity index (χ3v) is 2.90. The van der Waals surface area contributed by atoms with E-state index in [1.807, 2.05) is 6.92 Å². The summed E-state index contributed by atoms with van der Waals surface area (Å²) in [5.41, 5.74) is 9.77. The van der Waals surface area contributed by atoms with Crippen molar-refractivity contribution in [3.05, 3.63) is 48.2 Å². The Hall–Kier alpha value is -1.54. The maximum absolute atomic E-state index is 6.20. The van der Waals surface area contributed by atoms with Gasteiger partial charge in [-0.25, -0.2) is 0 Å². The molecule has 0 fully saturated rings. The summed E-state index contributed by atoms with van der Waals surface area (Å²) in [5.74, 6) is 0. The molecule has 16 heavy (non-hydrogen) atoms. The summed E-state index contributed by atoms with van der Waals surface area (Å²) < 4.78 is 2.13. The first-order chi connectivity index (χ1) is 7.59. The summed E-state index contributed by atoms with van der Waals surface area (Å²) in [7, 11) is 2.05. The molecule has 0 aliphatic carbocycles. The summed E-state index contributed by atoms with van der Waals surface area (Å²) in [4.78, 5) is 0. The van der Waals surface area contributed by atoms with Crippen LogP contribution < -0.4 is 5.73 Å². The zero-order valence-electron chi connectivity index (χ0n) is 9.90. The molecule has 0 unspecified atom stereocenters. The van der Waals surface area contributed by atoms with Crippen molar-refractivity contribution in [2.45, 2.75) is 19.4 Å². The predicted molar refractivity (Wildman–Crippen MR) is 69.3 cm³/mol. The minimum Gasteiger partial charge on any atom is -0.350 e. The lowest BCUT2D eigenvalue weighted by Gasteiger charge is -2.10. The first-order valence-electron chi connectivity index (χ1n) is 5.53. The number of benzene rings is 1. The number of para-hydroxylation sites is 1. The van der Waals surface area contributed by atoms with Crippen molar-refractivity contribution in [2.24, 2.45) is 12.8 Å². The van der Waals surface area contributed by atoms with E-state index >= 15 is 0 Å². The molecule has 0 bridgehead atoms. The molecule has 0 aliphatic rings. The van der Waals surface area contributed by atoms with Gasteiger partial charge in [-0.15, -0.1) is 6.58 Å². The van der Waals surface area contributed by atoms with Crippen LogP contribution in [-0.2, 0) is 7.05 Å². The van der Waals surface area contributed by atoms with Gasteiger partial charge in [-0.2, -0.15) is 0 Å². The van der Waals surface area contributed by atoms with E-state index < -0.39 is 0 Å². The number of aromatic nitrogens is 1. The topological polar surface area (TPSA) is 30.9 Å². The number of nitrogens with zero attached hydrogens (tertiary/aromatic N) is 1. The van der Waals surface area contributed by atoms with Crippen molar-refractivity contribution in [1.82, 2.24) is 4.57 Å². The molecule has 2 aromatic rings. The number of hydrogen-bond donors (Lipinski definition) is 1. The van der Waals surface area contributed by atoms with Gasteiger partial charge in [0.25, 0.3) is 0 Å². The van der Waals surface area contributed by atoms with Gasteiger partial charge >= 0.3 is 0 Å². The molecule has 2 rings (SSSR count). The molecule has 0 saturated carbocycles. The van der Waals surface area contributed by atoms with Crippen LogP contribution in [0, 0.1) is 0 Å². The highest BCUT2D eigenvalue weighted by Gasteiger charge is 2.12. The average Bonchev–Trinajstić information content (AvgIpc) is 2.56. The second-order valence-electron chi connectivity index (χ2n) is 4.48. The number of fused-ring (bicyclic) bond motifs is 1. The van der Waals surface area contributed by atoms with Gasteiger partial charge in [0.1, 0.15) is 0 Å². The summed E-state index contributed by atoms with van der Waals surface area (Å²) >= 11 is 0. The van der Waals surface area contributed by atoms with Gasteiger partial charge in [0.05, 0.1) is 0 Å². The fourth-order valence-corrected chi connectivity index (χ4v) is 2.15. The maximum atomic E-state index is 6.20. The molecule has 1 atom stereocenters. The van der Waals surface area contributed by atoms with E-state index in [0.29, 0.717) is 0 Å². The summed E-state index contributed by atoms with van der Waals surface area (Å²) in [5, 5.41) is 1.25. The second-order valence-corrected chi connectivity index (χ2v) is 4.48. The fourth-order valence-electron chi connectivity index (χ4n) is 2.15. The highest BCUT2D eigenvalue weighted by molar-refractivity contribution is 5.84. The third kappa shape index (κ3) is 1.89. The van der Waals surface area contributed by atoms with Crippen molar-refractivity contribution in [3.63, 3.8) is 0 Å². The first kappa shape index (κ1) is 11.0. The molecule has 0 spiro atoms. The molecule has 2 nitrogen and oxygen atoms in total. The molecular weight excluding hydrogens is 196 g/mol. The number of nitrogens with two attached hydrogens (primary N) is 1. The minimum atomic E-state index is 0.0450. The fraction of sp³-hybridized carbons (Fsp3) is 0.286. The van der Waals surface area contributed by atoms with Gasteiger partial charge in [-0.3, -0.25) is 0 Å². The zero-order valence-corrected chi connectivity index (χ0v) is 9.90. The Morgan fingerprint density at radius 2 is 2.12 bits per heavy atom. The van der Waals surface area contributed by atoms with E-state index in [2.05, 4.69) is 48.7 Å².